The second kappa shape index (κ2) is 8.12. The van der Waals surface area contributed by atoms with Crippen LogP contribution in [0.1, 0.15) is 17.5 Å². The maximum Gasteiger partial charge on any atom is 0.227 e. The van der Waals surface area contributed by atoms with Crippen LogP contribution in [0.4, 0.5) is 5.69 Å². The number of carbonyl (C=O) groups excluding carboxylic acids is 2. The van der Waals surface area contributed by atoms with Gasteiger partial charge in [0, 0.05) is 25.6 Å². The van der Waals surface area contributed by atoms with Crippen molar-refractivity contribution in [3.8, 4) is 11.5 Å². The lowest BCUT2D eigenvalue weighted by Gasteiger charge is -2.20. The number of nitrogens with zero attached hydrogens (tertiary/aromatic N) is 1. The quantitative estimate of drug-likeness (QED) is 0.851. The van der Waals surface area contributed by atoms with Crippen LogP contribution in [0, 0.1) is 12.8 Å². The van der Waals surface area contributed by atoms with E-state index in [0.29, 0.717) is 30.3 Å². The molecule has 0 spiro atoms. The van der Waals surface area contributed by atoms with Gasteiger partial charge in [0.05, 0.1) is 25.8 Å². The van der Waals surface area contributed by atoms with E-state index in [1.54, 1.807) is 37.3 Å². The van der Waals surface area contributed by atoms with Crippen LogP contribution in [-0.4, -0.2) is 32.6 Å². The number of nitrogens with one attached hydrogen (secondary N) is 1. The van der Waals surface area contributed by atoms with Crippen LogP contribution in [0.3, 0.4) is 0 Å². The van der Waals surface area contributed by atoms with Crippen LogP contribution in [0.15, 0.2) is 42.5 Å². The smallest absolute Gasteiger partial charge is 0.227 e. The zero-order valence-corrected chi connectivity index (χ0v) is 15.8. The molecule has 1 aliphatic heterocycles. The van der Waals surface area contributed by atoms with Crippen LogP contribution in [-0.2, 0) is 16.1 Å². The van der Waals surface area contributed by atoms with Crippen molar-refractivity contribution in [2.24, 2.45) is 5.92 Å². The fraction of sp³-hybridized carbons (Fsp3) is 0.333. The summed E-state index contributed by atoms with van der Waals surface area (Å²) < 4.78 is 10.6. The molecule has 1 aliphatic rings. The minimum absolute atomic E-state index is 0.0887. The summed E-state index contributed by atoms with van der Waals surface area (Å²) in [4.78, 5) is 26.6. The van der Waals surface area contributed by atoms with Crippen LogP contribution in [0.5, 0.6) is 11.5 Å². The molecule has 6 nitrogen and oxygen atoms in total. The summed E-state index contributed by atoms with van der Waals surface area (Å²) in [6.45, 7) is 2.80. The van der Waals surface area contributed by atoms with Crippen molar-refractivity contribution in [2.75, 3.05) is 25.7 Å². The lowest BCUT2D eigenvalue weighted by Crippen LogP contribution is -2.32. The number of rotatable bonds is 6. The number of benzene rings is 2. The van der Waals surface area contributed by atoms with Gasteiger partial charge in [0.25, 0.3) is 0 Å². The van der Waals surface area contributed by atoms with Gasteiger partial charge in [-0.15, -0.1) is 0 Å². The van der Waals surface area contributed by atoms with Crippen LogP contribution < -0.4 is 19.7 Å². The maximum atomic E-state index is 12.5. The number of carbonyl (C=O) groups is 2. The van der Waals surface area contributed by atoms with Crippen molar-refractivity contribution in [1.82, 2.24) is 5.32 Å². The van der Waals surface area contributed by atoms with Gasteiger partial charge in [0.15, 0.2) is 0 Å². The molecule has 3 rings (SSSR count). The second-order valence-corrected chi connectivity index (χ2v) is 6.65. The second-order valence-electron chi connectivity index (χ2n) is 6.65. The number of methoxy groups -OCH3 is 2. The molecule has 1 atom stereocenters. The Labute approximate surface area is 159 Å². The molecule has 1 heterocycles. The summed E-state index contributed by atoms with van der Waals surface area (Å²) in [6.07, 6.45) is 0.189. The monoisotopic (exact) mass is 368 g/mol. The fourth-order valence-corrected chi connectivity index (χ4v) is 3.28. The number of hydrogen-bond donors (Lipinski definition) is 1. The van der Waals surface area contributed by atoms with Crippen molar-refractivity contribution < 1.29 is 19.1 Å². The minimum atomic E-state index is -0.380. The predicted octanol–water partition coefficient (Wildman–Crippen LogP) is 2.68. The van der Waals surface area contributed by atoms with E-state index in [-0.39, 0.29) is 24.2 Å². The lowest BCUT2D eigenvalue weighted by molar-refractivity contribution is -0.126. The molecule has 1 unspecified atom stereocenters. The zero-order chi connectivity index (χ0) is 19.4. The normalized spacial score (nSPS) is 16.3. The van der Waals surface area contributed by atoms with Gasteiger partial charge in [-0.05, 0) is 24.6 Å². The first kappa shape index (κ1) is 18.8. The highest BCUT2D eigenvalue weighted by Crippen LogP contribution is 2.35. The summed E-state index contributed by atoms with van der Waals surface area (Å²) in [5.74, 6) is 0.612. The Kier molecular flexibility index (Phi) is 5.64. The third kappa shape index (κ3) is 4.22. The Bertz CT molecular complexity index is 850. The van der Waals surface area contributed by atoms with Crippen molar-refractivity contribution in [3.63, 3.8) is 0 Å². The zero-order valence-electron chi connectivity index (χ0n) is 15.8. The van der Waals surface area contributed by atoms with Gasteiger partial charge in [-0.25, -0.2) is 0 Å². The summed E-state index contributed by atoms with van der Waals surface area (Å²) in [5, 5.41) is 2.94. The molecule has 0 saturated carbocycles. The Morgan fingerprint density at radius 2 is 2.00 bits per heavy atom. The number of aryl methyl sites for hydroxylation is 1. The van der Waals surface area contributed by atoms with Gasteiger partial charge < -0.3 is 19.7 Å². The van der Waals surface area contributed by atoms with Gasteiger partial charge in [0.1, 0.15) is 11.5 Å². The third-order valence-electron chi connectivity index (χ3n) is 4.72. The molecule has 0 aliphatic carbocycles. The van der Waals surface area contributed by atoms with Gasteiger partial charge in [0.2, 0.25) is 11.8 Å². The number of anilines is 1. The minimum Gasteiger partial charge on any atom is -0.497 e. The highest BCUT2D eigenvalue weighted by molar-refractivity contribution is 6.01. The van der Waals surface area contributed by atoms with E-state index in [4.69, 9.17) is 9.47 Å². The van der Waals surface area contributed by atoms with E-state index in [0.717, 1.165) is 11.1 Å². The molecule has 1 fully saturated rings. The first-order valence-electron chi connectivity index (χ1n) is 8.87. The molecular formula is C21H24N2O4. The molecule has 0 radical (unpaired) electrons. The van der Waals surface area contributed by atoms with Crippen LogP contribution in [0.2, 0.25) is 0 Å². The molecule has 0 aromatic heterocycles. The van der Waals surface area contributed by atoms with Crippen LogP contribution in [0.25, 0.3) is 0 Å². The van der Waals surface area contributed by atoms with Crippen molar-refractivity contribution in [2.45, 2.75) is 19.9 Å². The molecule has 2 aromatic carbocycles. The van der Waals surface area contributed by atoms with Gasteiger partial charge >= 0.3 is 0 Å². The van der Waals surface area contributed by atoms with E-state index >= 15 is 0 Å². The Morgan fingerprint density at radius 1 is 1.19 bits per heavy atom. The fourth-order valence-electron chi connectivity index (χ4n) is 3.28. The Morgan fingerprint density at radius 3 is 2.70 bits per heavy atom. The third-order valence-corrected chi connectivity index (χ3v) is 4.72. The number of ether oxygens (including phenoxy) is 2. The molecule has 142 valence electrons. The predicted molar refractivity (Wildman–Crippen MR) is 103 cm³/mol. The average molecular weight is 368 g/mol. The summed E-state index contributed by atoms with van der Waals surface area (Å²) in [7, 11) is 3.12. The van der Waals surface area contributed by atoms with E-state index in [2.05, 4.69) is 5.32 Å². The maximum absolute atomic E-state index is 12.5. The largest absolute Gasteiger partial charge is 0.497 e. The molecule has 27 heavy (non-hydrogen) atoms. The van der Waals surface area contributed by atoms with Gasteiger partial charge in [-0.1, -0.05) is 29.8 Å². The Balaban J connectivity index is 1.67. The highest BCUT2D eigenvalue weighted by atomic mass is 16.5. The van der Waals surface area contributed by atoms with E-state index in [1.165, 1.54) is 0 Å². The van der Waals surface area contributed by atoms with Gasteiger partial charge in [-0.3, -0.25) is 9.59 Å². The van der Waals surface area contributed by atoms with Crippen molar-refractivity contribution in [1.29, 1.82) is 0 Å². The lowest BCUT2D eigenvalue weighted by atomic mass is 10.1. The van der Waals surface area contributed by atoms with E-state index < -0.39 is 0 Å². The number of amides is 2. The molecule has 2 aromatic rings. The summed E-state index contributed by atoms with van der Waals surface area (Å²) in [5.41, 5.74) is 2.84. The number of hydrogen-bond acceptors (Lipinski definition) is 4. The van der Waals surface area contributed by atoms with Crippen molar-refractivity contribution >= 4 is 17.5 Å². The molecule has 2 amide bonds. The molecular weight excluding hydrogens is 344 g/mol. The van der Waals surface area contributed by atoms with E-state index in [1.807, 2.05) is 31.2 Å². The standard InChI is InChI=1S/C21H24N2O4/c1-14-5-4-6-15(9-14)12-22-21(25)16-10-20(24)23(13-16)18-8-7-17(26-2)11-19(18)27-3/h4-9,11,16H,10,12-13H2,1-3H3,(H,22,25). The molecule has 1 N–H and O–H groups in total. The molecule has 6 heteroatoms. The molecule has 0 bridgehead atoms. The van der Waals surface area contributed by atoms with E-state index in [9.17, 15) is 9.59 Å². The highest BCUT2D eigenvalue weighted by Gasteiger charge is 2.36. The topological polar surface area (TPSA) is 67.9 Å². The average Bonchev–Trinajstić information content (AvgIpc) is 3.07. The van der Waals surface area contributed by atoms with Gasteiger partial charge in [-0.2, -0.15) is 0 Å². The van der Waals surface area contributed by atoms with Crippen LogP contribution >= 0.6 is 0 Å². The summed E-state index contributed by atoms with van der Waals surface area (Å²) in [6, 6.07) is 13.3. The molecule has 1 saturated heterocycles. The Hall–Kier alpha value is -3.02. The SMILES string of the molecule is COc1ccc(N2CC(C(=O)NCc3cccc(C)c3)CC2=O)c(OC)c1. The first-order chi connectivity index (χ1) is 13.0. The first-order valence-corrected chi connectivity index (χ1v) is 8.87. The summed E-state index contributed by atoms with van der Waals surface area (Å²) >= 11 is 0. The van der Waals surface area contributed by atoms with Crippen molar-refractivity contribution in [3.05, 3.63) is 53.6 Å².